The number of likely N-dealkylation sites (tertiary alicyclic amines) is 1. The van der Waals surface area contributed by atoms with Gasteiger partial charge in [-0.1, -0.05) is 91.6 Å². The van der Waals surface area contributed by atoms with Gasteiger partial charge in [-0.3, -0.25) is 57.8 Å². The summed E-state index contributed by atoms with van der Waals surface area (Å²) < 4.78 is 12.2. The van der Waals surface area contributed by atoms with Gasteiger partial charge in [0.1, 0.15) is 5.78 Å². The Hall–Kier alpha value is -5.17. The number of likely N-dealkylation sites (N-methyl/N-ethyl adjacent to an activating group) is 2. The first kappa shape index (κ1) is 64.4. The predicted molar refractivity (Wildman–Crippen MR) is 293 cm³/mol. The Balaban J connectivity index is 1.34. The van der Waals surface area contributed by atoms with Crippen LogP contribution in [0.3, 0.4) is 0 Å². The quantitative estimate of drug-likeness (QED) is 0.0432. The number of nitrogens with one attached hydrogen (secondary N) is 2. The summed E-state index contributed by atoms with van der Waals surface area (Å²) >= 11 is 0. The number of imide groups is 1. The highest BCUT2D eigenvalue weighted by Gasteiger charge is 2.62. The fraction of sp³-hybridized carbons (Fsp3) is 0.712. The number of Topliss-reactive ketones (excluding diaryl/α,β-unsaturated/α-hetero) is 3. The number of amides is 6. The molecule has 6 amide bonds. The number of carbonyl (C=O) groups excluding carboxylic acids is 9. The van der Waals surface area contributed by atoms with Crippen molar-refractivity contribution in [2.24, 2.45) is 35.0 Å². The van der Waals surface area contributed by atoms with Crippen LogP contribution in [0.2, 0.25) is 0 Å². The molecule has 0 radical (unpaired) electrons. The molecule has 2 N–H and O–H groups in total. The average Bonchev–Trinajstić information content (AvgIpc) is 3.79. The van der Waals surface area contributed by atoms with E-state index >= 15 is 0 Å². The van der Waals surface area contributed by atoms with Crippen LogP contribution in [0.4, 0.5) is 0 Å². The van der Waals surface area contributed by atoms with E-state index in [1.54, 1.807) is 38.0 Å². The lowest BCUT2D eigenvalue weighted by atomic mass is 9.83. The Morgan fingerprint density at radius 3 is 2.09 bits per heavy atom. The van der Waals surface area contributed by atoms with Gasteiger partial charge in [0.25, 0.3) is 17.7 Å². The van der Waals surface area contributed by atoms with Gasteiger partial charge in [0.15, 0.2) is 11.6 Å². The number of methoxy groups -OCH3 is 2. The van der Waals surface area contributed by atoms with Crippen molar-refractivity contribution in [2.45, 2.75) is 175 Å². The minimum Gasteiger partial charge on any atom is -0.379 e. The van der Waals surface area contributed by atoms with Crippen LogP contribution in [0, 0.1) is 35.0 Å². The smallest absolute Gasteiger partial charge is 0.253 e. The monoisotopic (exact) mass is 1080 g/mol. The van der Waals surface area contributed by atoms with Crippen LogP contribution in [0.25, 0.3) is 0 Å². The molecule has 1 aliphatic carbocycles. The van der Waals surface area contributed by atoms with E-state index in [0.717, 1.165) is 5.56 Å². The molecule has 77 heavy (non-hydrogen) atoms. The summed E-state index contributed by atoms with van der Waals surface area (Å²) in [5.41, 5.74) is 2.59. The molecule has 3 aliphatic rings. The number of ketones is 3. The third-order valence-electron chi connectivity index (χ3n) is 16.5. The maximum atomic E-state index is 14.8. The minimum atomic E-state index is -0.959. The normalized spacial score (nSPS) is 21.0. The van der Waals surface area contributed by atoms with E-state index in [9.17, 15) is 43.2 Å². The first-order chi connectivity index (χ1) is 36.6. The number of rotatable bonds is 36. The SMILES string of the molecule is CCONC(=O)[C@]1(CC(=O)[C@H](C)[C@@H](OC)[C@@H]2CCCN2C(=O)C[C@@H](OC)[C@H]([C@@H](C)CC)N(C)C(=O)[C@@H](CC(=O)[C@H](C(C)C)N(C)CCCC(=O)CNC(=O)CCCCCN2C(=O)C=CC2=O)C(C)C)C[C@@H]1c1ccccc1. The summed E-state index contributed by atoms with van der Waals surface area (Å²) in [5, 5.41) is 2.69. The number of carbonyl (C=O) groups is 9. The zero-order valence-electron chi connectivity index (χ0n) is 48.3. The molecule has 1 aromatic rings. The van der Waals surface area contributed by atoms with Crippen molar-refractivity contribution >= 4 is 52.8 Å². The zero-order chi connectivity index (χ0) is 57.1. The van der Waals surface area contributed by atoms with Crippen molar-refractivity contribution in [3.63, 3.8) is 0 Å². The van der Waals surface area contributed by atoms with Crippen LogP contribution in [0.5, 0.6) is 0 Å². The first-order valence-corrected chi connectivity index (χ1v) is 28.2. The fourth-order valence-electron chi connectivity index (χ4n) is 11.8. The molecule has 2 heterocycles. The van der Waals surface area contributed by atoms with Crippen molar-refractivity contribution in [3.05, 3.63) is 48.0 Å². The van der Waals surface area contributed by atoms with Crippen molar-refractivity contribution in [1.29, 1.82) is 0 Å². The molecular weight excluding hydrogens is 985 g/mol. The van der Waals surface area contributed by atoms with Crippen molar-refractivity contribution in [2.75, 3.05) is 61.1 Å². The van der Waals surface area contributed by atoms with E-state index < -0.39 is 47.6 Å². The lowest BCUT2D eigenvalue weighted by Gasteiger charge is -2.41. The van der Waals surface area contributed by atoms with Gasteiger partial charge in [-0.05, 0) is 88.3 Å². The van der Waals surface area contributed by atoms with E-state index in [4.69, 9.17) is 14.3 Å². The molecule has 10 atom stereocenters. The second kappa shape index (κ2) is 30.8. The fourth-order valence-corrected chi connectivity index (χ4v) is 11.8. The number of unbranched alkanes of at least 4 members (excludes halogenated alkanes) is 2. The van der Waals surface area contributed by atoms with E-state index in [-0.39, 0.29) is 122 Å². The molecule has 0 bridgehead atoms. The molecule has 2 aliphatic heterocycles. The van der Waals surface area contributed by atoms with Gasteiger partial charge < -0.3 is 24.6 Å². The van der Waals surface area contributed by atoms with Crippen LogP contribution in [-0.4, -0.2) is 164 Å². The molecule has 0 unspecified atom stereocenters. The molecule has 1 saturated carbocycles. The van der Waals surface area contributed by atoms with Gasteiger partial charge >= 0.3 is 0 Å². The molecule has 1 aromatic carbocycles. The van der Waals surface area contributed by atoms with Gasteiger partial charge in [0.05, 0.1) is 55.3 Å². The Labute approximate surface area is 458 Å². The molecule has 0 spiro atoms. The van der Waals surface area contributed by atoms with Crippen molar-refractivity contribution in [1.82, 2.24) is 30.4 Å². The van der Waals surface area contributed by atoms with Gasteiger partial charge in [-0.25, -0.2) is 5.48 Å². The molecule has 4 rings (SSSR count). The summed E-state index contributed by atoms with van der Waals surface area (Å²) in [4.78, 5) is 132. The van der Waals surface area contributed by atoms with E-state index in [1.165, 1.54) is 17.1 Å². The van der Waals surface area contributed by atoms with Crippen LogP contribution in [0.1, 0.15) is 150 Å². The predicted octanol–water partition coefficient (Wildman–Crippen LogP) is 6.25. The van der Waals surface area contributed by atoms with Crippen LogP contribution >= 0.6 is 0 Å². The zero-order valence-corrected chi connectivity index (χ0v) is 48.3. The molecule has 18 heteroatoms. The lowest BCUT2D eigenvalue weighted by Crippen LogP contribution is -2.54. The second-order valence-electron chi connectivity index (χ2n) is 22.5. The molecule has 430 valence electrons. The van der Waals surface area contributed by atoms with Crippen molar-refractivity contribution < 1.29 is 57.5 Å². The second-order valence-corrected chi connectivity index (χ2v) is 22.5. The van der Waals surface area contributed by atoms with Gasteiger partial charge in [0, 0.05) is 84.0 Å². The summed E-state index contributed by atoms with van der Waals surface area (Å²) in [7, 11) is 6.70. The van der Waals surface area contributed by atoms with E-state index in [0.29, 0.717) is 71.0 Å². The lowest BCUT2D eigenvalue weighted by molar-refractivity contribution is -0.149. The summed E-state index contributed by atoms with van der Waals surface area (Å²) in [6.07, 6.45) is 6.42. The number of nitrogens with zero attached hydrogens (tertiary/aromatic N) is 4. The minimum absolute atomic E-state index is 0.0000298. The van der Waals surface area contributed by atoms with Gasteiger partial charge in [0.2, 0.25) is 17.7 Å². The van der Waals surface area contributed by atoms with Crippen molar-refractivity contribution in [3.8, 4) is 0 Å². The number of hydrogen-bond acceptors (Lipinski definition) is 13. The molecular formula is C59H92N6O12. The maximum absolute atomic E-state index is 14.8. The summed E-state index contributed by atoms with van der Waals surface area (Å²) in [5.74, 6) is -3.71. The summed E-state index contributed by atoms with van der Waals surface area (Å²) in [6, 6.07) is 8.27. The molecule has 0 aromatic heterocycles. The Bertz CT molecular complexity index is 2190. The topological polar surface area (TPSA) is 218 Å². The largest absolute Gasteiger partial charge is 0.379 e. The highest BCUT2D eigenvalue weighted by molar-refractivity contribution is 6.12. The van der Waals surface area contributed by atoms with Crippen LogP contribution in [0.15, 0.2) is 42.5 Å². The Morgan fingerprint density at radius 1 is 0.818 bits per heavy atom. The first-order valence-electron chi connectivity index (χ1n) is 28.2. The highest BCUT2D eigenvalue weighted by Crippen LogP contribution is 2.62. The van der Waals surface area contributed by atoms with Gasteiger partial charge in [-0.2, -0.15) is 0 Å². The van der Waals surface area contributed by atoms with Gasteiger partial charge in [-0.15, -0.1) is 0 Å². The molecule has 18 nitrogen and oxygen atoms in total. The average molecular weight is 1080 g/mol. The standard InChI is InChI=1S/C59H92N6O12/c1-13-40(7)55(49(75-11)34-53(72)64-32-22-26-46(64)56(76-12)41(8)48(68)36-59(58(74)61-77-14-2)35-45(59)42-23-17-15-18-24-42)63(10)57(73)44(38(3)4)33-47(67)54(39(5)6)62(9)30-21-25-43(66)37-60-50(69)27-19-16-20-31-65-51(70)28-29-52(65)71/h15,17-18,23-24,28-29,38-41,44-46,49,54-56H,13-14,16,19-22,25-27,30-37H2,1-12H3,(H,60,69)(H,61,74)/t40-,41-,44-,45+,46-,49+,54-,55-,56+,59-/m0/s1. The third-order valence-corrected chi connectivity index (χ3v) is 16.5. The molecule has 2 fully saturated rings. The highest BCUT2D eigenvalue weighted by atomic mass is 16.6. The summed E-state index contributed by atoms with van der Waals surface area (Å²) in [6.45, 7) is 16.9. The third kappa shape index (κ3) is 17.4. The Kier molecular flexibility index (Phi) is 25.8. The number of hydrogen-bond donors (Lipinski definition) is 2. The number of ether oxygens (including phenoxy) is 2. The van der Waals surface area contributed by atoms with E-state index in [1.807, 2.05) is 90.7 Å². The van der Waals surface area contributed by atoms with E-state index in [2.05, 4.69) is 10.8 Å². The van der Waals surface area contributed by atoms with Crippen LogP contribution in [-0.2, 0) is 57.5 Å². The maximum Gasteiger partial charge on any atom is 0.253 e. The number of benzene rings is 1. The molecule has 1 saturated heterocycles. The number of hydroxylamine groups is 1. The van der Waals surface area contributed by atoms with Crippen LogP contribution < -0.4 is 10.8 Å². The Morgan fingerprint density at radius 2 is 1.49 bits per heavy atom.